The molecule has 0 spiro atoms. The van der Waals surface area contributed by atoms with Gasteiger partial charge in [0.05, 0.1) is 10.6 Å². The number of carbonyl (C=O) groups excluding carboxylic acids is 1. The number of carboxylic acid groups (broad SMARTS) is 1. The molecule has 1 aliphatic heterocycles. The zero-order valence-electron chi connectivity index (χ0n) is 11.5. The molecule has 0 aliphatic carbocycles. The summed E-state index contributed by atoms with van der Waals surface area (Å²) in [5, 5.41) is 9.59. The van der Waals surface area contributed by atoms with Gasteiger partial charge in [0.1, 0.15) is 0 Å². The molecule has 0 aromatic heterocycles. The number of aliphatic carboxylic acids is 1. The number of nitrogens with zero attached hydrogens (tertiary/aromatic N) is 1. The summed E-state index contributed by atoms with van der Waals surface area (Å²) in [4.78, 5) is 24.9. The monoisotopic (exact) mass is 329 g/mol. The Morgan fingerprint density at radius 3 is 2.76 bits per heavy atom. The van der Waals surface area contributed by atoms with Gasteiger partial charge in [-0.1, -0.05) is 23.2 Å². The molecule has 1 fully saturated rings. The number of hydrogen-bond acceptors (Lipinski definition) is 2. The SMILES string of the molecule is O=C(O)CC[C@@H]1CCCN(C(=O)c2ccc(Cl)cc2Cl)C1. The van der Waals surface area contributed by atoms with E-state index < -0.39 is 5.97 Å². The van der Waals surface area contributed by atoms with E-state index in [0.29, 0.717) is 35.1 Å². The third-order valence-electron chi connectivity index (χ3n) is 3.73. The van der Waals surface area contributed by atoms with Gasteiger partial charge in [0.2, 0.25) is 0 Å². The van der Waals surface area contributed by atoms with E-state index >= 15 is 0 Å². The number of amides is 1. The smallest absolute Gasteiger partial charge is 0.303 e. The van der Waals surface area contributed by atoms with E-state index in [4.69, 9.17) is 28.3 Å². The maximum absolute atomic E-state index is 12.5. The first kappa shape index (κ1) is 16.1. The molecular weight excluding hydrogens is 313 g/mol. The molecule has 1 saturated heterocycles. The van der Waals surface area contributed by atoms with Gasteiger partial charge in [0.25, 0.3) is 5.91 Å². The summed E-state index contributed by atoms with van der Waals surface area (Å²) >= 11 is 11.9. The minimum absolute atomic E-state index is 0.114. The molecule has 114 valence electrons. The molecule has 1 amide bonds. The number of benzene rings is 1. The summed E-state index contributed by atoms with van der Waals surface area (Å²) in [5.41, 5.74) is 0.444. The van der Waals surface area contributed by atoms with Gasteiger partial charge < -0.3 is 10.0 Å². The Hall–Kier alpha value is -1.26. The molecule has 1 N–H and O–H groups in total. The maximum Gasteiger partial charge on any atom is 0.303 e. The third kappa shape index (κ3) is 4.35. The predicted octanol–water partition coefficient (Wildman–Crippen LogP) is 3.71. The Morgan fingerprint density at radius 2 is 2.10 bits per heavy atom. The number of halogens is 2. The highest BCUT2D eigenvalue weighted by Gasteiger charge is 2.25. The van der Waals surface area contributed by atoms with Gasteiger partial charge in [-0.25, -0.2) is 0 Å². The minimum atomic E-state index is -0.792. The standard InChI is InChI=1S/C15H17Cl2NO3/c16-11-4-5-12(13(17)8-11)15(21)18-7-1-2-10(9-18)3-6-14(19)20/h4-5,8,10H,1-3,6-7,9H2,(H,19,20)/t10-/m0/s1. The Kier molecular flexibility index (Phi) is 5.48. The minimum Gasteiger partial charge on any atom is -0.481 e. The lowest BCUT2D eigenvalue weighted by atomic mass is 9.93. The Balaban J connectivity index is 2.03. The zero-order chi connectivity index (χ0) is 15.4. The second-order valence-electron chi connectivity index (χ2n) is 5.32. The van der Waals surface area contributed by atoms with Gasteiger partial charge in [-0.05, 0) is 43.4 Å². The summed E-state index contributed by atoms with van der Waals surface area (Å²) in [7, 11) is 0. The fourth-order valence-corrected chi connectivity index (χ4v) is 3.14. The van der Waals surface area contributed by atoms with E-state index in [0.717, 1.165) is 12.8 Å². The molecule has 1 aromatic carbocycles. The van der Waals surface area contributed by atoms with E-state index in [1.807, 2.05) is 0 Å². The van der Waals surface area contributed by atoms with Gasteiger partial charge in [0.15, 0.2) is 0 Å². The van der Waals surface area contributed by atoms with Crippen molar-refractivity contribution in [1.29, 1.82) is 0 Å². The predicted molar refractivity (Wildman–Crippen MR) is 82.0 cm³/mol. The van der Waals surface area contributed by atoms with Crippen LogP contribution in [-0.2, 0) is 4.79 Å². The van der Waals surface area contributed by atoms with Gasteiger partial charge in [-0.2, -0.15) is 0 Å². The first-order valence-electron chi connectivity index (χ1n) is 6.93. The van der Waals surface area contributed by atoms with Crippen LogP contribution in [0.5, 0.6) is 0 Å². The topological polar surface area (TPSA) is 57.6 Å². The van der Waals surface area contributed by atoms with Crippen LogP contribution in [0.15, 0.2) is 18.2 Å². The second-order valence-corrected chi connectivity index (χ2v) is 6.16. The van der Waals surface area contributed by atoms with Crippen molar-refractivity contribution in [3.63, 3.8) is 0 Å². The summed E-state index contributed by atoms with van der Waals surface area (Å²) < 4.78 is 0. The van der Waals surface area contributed by atoms with Crippen LogP contribution in [0.25, 0.3) is 0 Å². The maximum atomic E-state index is 12.5. The average Bonchev–Trinajstić information content (AvgIpc) is 2.45. The number of carbonyl (C=O) groups is 2. The fraction of sp³-hybridized carbons (Fsp3) is 0.467. The van der Waals surface area contributed by atoms with E-state index in [2.05, 4.69) is 0 Å². The molecule has 1 heterocycles. The molecule has 4 nitrogen and oxygen atoms in total. The average molecular weight is 330 g/mol. The van der Waals surface area contributed by atoms with Crippen molar-refractivity contribution in [2.75, 3.05) is 13.1 Å². The highest BCUT2D eigenvalue weighted by molar-refractivity contribution is 6.36. The van der Waals surface area contributed by atoms with E-state index in [9.17, 15) is 9.59 Å². The lowest BCUT2D eigenvalue weighted by molar-refractivity contribution is -0.137. The summed E-state index contributed by atoms with van der Waals surface area (Å²) in [5.74, 6) is -0.666. The molecule has 2 rings (SSSR count). The molecule has 0 unspecified atom stereocenters. The van der Waals surface area contributed by atoms with Crippen molar-refractivity contribution in [2.24, 2.45) is 5.92 Å². The molecule has 1 aliphatic rings. The highest BCUT2D eigenvalue weighted by atomic mass is 35.5. The van der Waals surface area contributed by atoms with Crippen molar-refractivity contribution in [1.82, 2.24) is 4.90 Å². The molecule has 1 aromatic rings. The number of carboxylic acids is 1. The van der Waals surface area contributed by atoms with Crippen molar-refractivity contribution >= 4 is 35.1 Å². The summed E-state index contributed by atoms with van der Waals surface area (Å²) in [6.45, 7) is 1.27. The lowest BCUT2D eigenvalue weighted by Crippen LogP contribution is -2.40. The lowest BCUT2D eigenvalue weighted by Gasteiger charge is -2.33. The number of piperidine rings is 1. The van der Waals surface area contributed by atoms with Crippen LogP contribution in [-0.4, -0.2) is 35.0 Å². The van der Waals surface area contributed by atoms with Crippen molar-refractivity contribution in [3.05, 3.63) is 33.8 Å². The van der Waals surface area contributed by atoms with Gasteiger partial charge >= 0.3 is 5.97 Å². The first-order valence-corrected chi connectivity index (χ1v) is 7.69. The van der Waals surface area contributed by atoms with Gasteiger partial charge in [-0.15, -0.1) is 0 Å². The molecule has 21 heavy (non-hydrogen) atoms. The van der Waals surface area contributed by atoms with Crippen molar-refractivity contribution < 1.29 is 14.7 Å². The normalized spacial score (nSPS) is 18.6. The third-order valence-corrected chi connectivity index (χ3v) is 4.28. The Labute approximate surface area is 133 Å². The Morgan fingerprint density at radius 1 is 1.33 bits per heavy atom. The Bertz CT molecular complexity index is 548. The summed E-state index contributed by atoms with van der Waals surface area (Å²) in [6, 6.07) is 4.84. The van der Waals surface area contributed by atoms with Crippen LogP contribution in [0, 0.1) is 5.92 Å². The zero-order valence-corrected chi connectivity index (χ0v) is 13.0. The molecule has 6 heteroatoms. The first-order chi connectivity index (χ1) is 9.97. The molecule has 0 radical (unpaired) electrons. The van der Waals surface area contributed by atoms with Crippen LogP contribution < -0.4 is 0 Å². The van der Waals surface area contributed by atoms with E-state index in [-0.39, 0.29) is 18.2 Å². The van der Waals surface area contributed by atoms with E-state index in [1.165, 1.54) is 0 Å². The van der Waals surface area contributed by atoms with Crippen molar-refractivity contribution in [3.8, 4) is 0 Å². The van der Waals surface area contributed by atoms with Crippen LogP contribution in [0.4, 0.5) is 0 Å². The second kappa shape index (κ2) is 7.14. The largest absolute Gasteiger partial charge is 0.481 e. The van der Waals surface area contributed by atoms with Crippen molar-refractivity contribution in [2.45, 2.75) is 25.7 Å². The molecule has 0 bridgehead atoms. The quantitative estimate of drug-likeness (QED) is 0.915. The molecular formula is C15H17Cl2NO3. The number of likely N-dealkylation sites (tertiary alicyclic amines) is 1. The number of hydrogen-bond donors (Lipinski definition) is 1. The molecule has 0 saturated carbocycles. The van der Waals surface area contributed by atoms with Crippen LogP contribution in [0.3, 0.4) is 0 Å². The number of rotatable bonds is 4. The van der Waals surface area contributed by atoms with Gasteiger partial charge in [-0.3, -0.25) is 9.59 Å². The fourth-order valence-electron chi connectivity index (χ4n) is 2.65. The molecule has 1 atom stereocenters. The van der Waals surface area contributed by atoms with Crippen LogP contribution >= 0.6 is 23.2 Å². The highest BCUT2D eigenvalue weighted by Crippen LogP contribution is 2.26. The van der Waals surface area contributed by atoms with Crippen LogP contribution in [0.1, 0.15) is 36.0 Å². The van der Waals surface area contributed by atoms with Crippen LogP contribution in [0.2, 0.25) is 10.0 Å². The van der Waals surface area contributed by atoms with Gasteiger partial charge in [0, 0.05) is 24.5 Å². The summed E-state index contributed by atoms with van der Waals surface area (Å²) in [6.07, 6.45) is 2.61. The van der Waals surface area contributed by atoms with E-state index in [1.54, 1.807) is 23.1 Å².